The van der Waals surface area contributed by atoms with Gasteiger partial charge in [-0.3, -0.25) is 0 Å². The average molecular weight is 297 g/mol. The highest BCUT2D eigenvalue weighted by molar-refractivity contribution is 5.89. The number of carbonyl (C=O) groups is 1. The third-order valence-electron chi connectivity index (χ3n) is 3.44. The van der Waals surface area contributed by atoms with Gasteiger partial charge in [-0.1, -0.05) is 35.9 Å². The van der Waals surface area contributed by atoms with Crippen molar-refractivity contribution >= 4 is 17.4 Å². The fraction of sp³-hybridized carbons (Fsp3) is 0.278. The lowest BCUT2D eigenvalue weighted by molar-refractivity contribution is 0.252. The van der Waals surface area contributed by atoms with Crippen LogP contribution in [0.2, 0.25) is 0 Å². The second-order valence-corrected chi connectivity index (χ2v) is 5.56. The van der Waals surface area contributed by atoms with Gasteiger partial charge in [-0.2, -0.15) is 0 Å². The summed E-state index contributed by atoms with van der Waals surface area (Å²) < 4.78 is 0. The molecule has 2 aromatic carbocycles. The summed E-state index contributed by atoms with van der Waals surface area (Å²) in [5.74, 6) is 0. The lowest BCUT2D eigenvalue weighted by Crippen LogP contribution is -2.30. The summed E-state index contributed by atoms with van der Waals surface area (Å²) in [6.45, 7) is 2.68. The molecule has 0 atom stereocenters. The summed E-state index contributed by atoms with van der Waals surface area (Å²) in [5, 5.41) is 5.74. The minimum absolute atomic E-state index is 0.178. The molecule has 2 aromatic rings. The maximum Gasteiger partial charge on any atom is 0.319 e. The minimum atomic E-state index is -0.178. The van der Waals surface area contributed by atoms with Crippen molar-refractivity contribution in [3.8, 4) is 0 Å². The quantitative estimate of drug-likeness (QED) is 0.888. The van der Waals surface area contributed by atoms with Crippen molar-refractivity contribution < 1.29 is 4.79 Å². The molecule has 0 aliphatic heterocycles. The fourth-order valence-corrected chi connectivity index (χ4v) is 2.11. The van der Waals surface area contributed by atoms with Crippen LogP contribution in [0.3, 0.4) is 0 Å². The second kappa shape index (κ2) is 7.50. The normalized spacial score (nSPS) is 10.1. The number of aryl methyl sites for hydroxylation is 1. The van der Waals surface area contributed by atoms with E-state index >= 15 is 0 Å². The SMILES string of the molecule is Cc1ccc(CCNC(=O)Nc2cccc(N(C)C)c2)cc1. The molecule has 0 saturated heterocycles. The number of benzene rings is 2. The Morgan fingerprint density at radius 3 is 2.50 bits per heavy atom. The Kier molecular flexibility index (Phi) is 5.42. The molecule has 4 heteroatoms. The second-order valence-electron chi connectivity index (χ2n) is 5.56. The van der Waals surface area contributed by atoms with E-state index in [1.54, 1.807) is 0 Å². The zero-order chi connectivity index (χ0) is 15.9. The highest BCUT2D eigenvalue weighted by Crippen LogP contribution is 2.16. The maximum atomic E-state index is 11.9. The lowest BCUT2D eigenvalue weighted by Gasteiger charge is -2.14. The third-order valence-corrected chi connectivity index (χ3v) is 3.44. The van der Waals surface area contributed by atoms with Gasteiger partial charge in [-0.25, -0.2) is 4.79 Å². The number of hydrogen-bond donors (Lipinski definition) is 2. The largest absolute Gasteiger partial charge is 0.378 e. The molecule has 2 amide bonds. The average Bonchev–Trinajstić information content (AvgIpc) is 2.49. The smallest absolute Gasteiger partial charge is 0.319 e. The van der Waals surface area contributed by atoms with Crippen molar-refractivity contribution in [3.05, 3.63) is 59.7 Å². The van der Waals surface area contributed by atoms with Crippen molar-refractivity contribution in [2.75, 3.05) is 30.9 Å². The Labute approximate surface area is 132 Å². The molecular formula is C18H23N3O. The van der Waals surface area contributed by atoms with Crippen molar-refractivity contribution in [2.24, 2.45) is 0 Å². The van der Waals surface area contributed by atoms with Gasteiger partial charge in [0.2, 0.25) is 0 Å². The van der Waals surface area contributed by atoms with E-state index in [1.807, 2.05) is 43.3 Å². The van der Waals surface area contributed by atoms with Gasteiger partial charge in [0.1, 0.15) is 0 Å². The molecule has 0 unspecified atom stereocenters. The third kappa shape index (κ3) is 4.81. The van der Waals surface area contributed by atoms with Crippen LogP contribution in [0.5, 0.6) is 0 Å². The Balaban J connectivity index is 1.80. The summed E-state index contributed by atoms with van der Waals surface area (Å²) in [5.41, 5.74) is 4.31. The van der Waals surface area contributed by atoms with Crippen LogP contribution in [0.15, 0.2) is 48.5 Å². The number of rotatable bonds is 5. The molecule has 0 heterocycles. The highest BCUT2D eigenvalue weighted by atomic mass is 16.2. The number of nitrogens with zero attached hydrogens (tertiary/aromatic N) is 1. The van der Waals surface area contributed by atoms with Crippen LogP contribution >= 0.6 is 0 Å². The molecular weight excluding hydrogens is 274 g/mol. The van der Waals surface area contributed by atoms with E-state index < -0.39 is 0 Å². The highest BCUT2D eigenvalue weighted by Gasteiger charge is 2.03. The van der Waals surface area contributed by atoms with E-state index in [0.717, 1.165) is 17.8 Å². The molecule has 0 bridgehead atoms. The van der Waals surface area contributed by atoms with Crippen molar-refractivity contribution in [3.63, 3.8) is 0 Å². The molecule has 4 nitrogen and oxygen atoms in total. The van der Waals surface area contributed by atoms with E-state index in [2.05, 4.69) is 41.8 Å². The van der Waals surface area contributed by atoms with Crippen LogP contribution < -0.4 is 15.5 Å². The van der Waals surface area contributed by atoms with Crippen molar-refractivity contribution in [1.29, 1.82) is 0 Å². The Hall–Kier alpha value is -2.49. The number of anilines is 2. The van der Waals surface area contributed by atoms with Crippen LogP contribution in [0, 0.1) is 6.92 Å². The van der Waals surface area contributed by atoms with Crippen LogP contribution in [0.4, 0.5) is 16.2 Å². The van der Waals surface area contributed by atoms with Gasteiger partial charge in [-0.15, -0.1) is 0 Å². The topological polar surface area (TPSA) is 44.4 Å². The molecule has 0 aromatic heterocycles. The zero-order valence-electron chi connectivity index (χ0n) is 13.4. The summed E-state index contributed by atoms with van der Waals surface area (Å²) in [7, 11) is 3.95. The molecule has 2 N–H and O–H groups in total. The van der Waals surface area contributed by atoms with Gasteiger partial charge in [0, 0.05) is 32.0 Å². The van der Waals surface area contributed by atoms with Gasteiger partial charge in [-0.05, 0) is 37.1 Å². The summed E-state index contributed by atoms with van der Waals surface area (Å²) in [4.78, 5) is 13.9. The van der Waals surface area contributed by atoms with Gasteiger partial charge in [0.05, 0.1) is 0 Å². The van der Waals surface area contributed by atoms with Crippen LogP contribution in [0.1, 0.15) is 11.1 Å². The lowest BCUT2D eigenvalue weighted by atomic mass is 10.1. The first-order valence-corrected chi connectivity index (χ1v) is 7.42. The van der Waals surface area contributed by atoms with E-state index in [9.17, 15) is 4.79 Å². The van der Waals surface area contributed by atoms with Gasteiger partial charge in [0.25, 0.3) is 0 Å². The van der Waals surface area contributed by atoms with E-state index in [-0.39, 0.29) is 6.03 Å². The molecule has 0 aliphatic rings. The molecule has 0 radical (unpaired) electrons. The first-order chi connectivity index (χ1) is 10.5. The summed E-state index contributed by atoms with van der Waals surface area (Å²) in [6.07, 6.45) is 0.825. The Bertz CT molecular complexity index is 620. The van der Waals surface area contributed by atoms with Crippen LogP contribution in [0.25, 0.3) is 0 Å². The molecule has 0 saturated carbocycles. The monoisotopic (exact) mass is 297 g/mol. The van der Waals surface area contributed by atoms with E-state index in [4.69, 9.17) is 0 Å². The molecule has 116 valence electrons. The number of nitrogens with one attached hydrogen (secondary N) is 2. The molecule has 2 rings (SSSR count). The standard InChI is InChI=1S/C18H23N3O/c1-14-7-9-15(10-8-14)11-12-19-18(22)20-16-5-4-6-17(13-16)21(2)3/h4-10,13H,11-12H2,1-3H3,(H2,19,20,22). The Morgan fingerprint density at radius 2 is 1.82 bits per heavy atom. The number of urea groups is 1. The zero-order valence-corrected chi connectivity index (χ0v) is 13.4. The molecule has 0 aliphatic carbocycles. The minimum Gasteiger partial charge on any atom is -0.378 e. The maximum absolute atomic E-state index is 11.9. The summed E-state index contributed by atoms with van der Waals surface area (Å²) in [6, 6.07) is 15.9. The predicted molar refractivity (Wildman–Crippen MR) is 92.7 cm³/mol. The van der Waals surface area contributed by atoms with Crippen molar-refractivity contribution in [1.82, 2.24) is 5.32 Å². The summed E-state index contributed by atoms with van der Waals surface area (Å²) >= 11 is 0. The van der Waals surface area contributed by atoms with Crippen LogP contribution in [-0.2, 0) is 6.42 Å². The van der Waals surface area contributed by atoms with E-state index in [0.29, 0.717) is 6.54 Å². The number of carbonyl (C=O) groups excluding carboxylic acids is 1. The van der Waals surface area contributed by atoms with Crippen molar-refractivity contribution in [2.45, 2.75) is 13.3 Å². The first kappa shape index (κ1) is 15.9. The van der Waals surface area contributed by atoms with Gasteiger partial charge < -0.3 is 15.5 Å². The molecule has 0 fully saturated rings. The predicted octanol–water partition coefficient (Wildman–Crippen LogP) is 3.43. The molecule has 0 spiro atoms. The fourth-order valence-electron chi connectivity index (χ4n) is 2.11. The molecule has 22 heavy (non-hydrogen) atoms. The van der Waals surface area contributed by atoms with Gasteiger partial charge in [0.15, 0.2) is 0 Å². The number of amides is 2. The first-order valence-electron chi connectivity index (χ1n) is 7.42. The van der Waals surface area contributed by atoms with Crippen LogP contribution in [-0.4, -0.2) is 26.7 Å². The van der Waals surface area contributed by atoms with E-state index in [1.165, 1.54) is 11.1 Å². The number of hydrogen-bond acceptors (Lipinski definition) is 2. The Morgan fingerprint density at radius 1 is 1.09 bits per heavy atom. The van der Waals surface area contributed by atoms with Gasteiger partial charge >= 0.3 is 6.03 Å².